The molecule has 2 aromatic carbocycles. The molecule has 0 aliphatic heterocycles. The van der Waals surface area contributed by atoms with Crippen molar-refractivity contribution in [1.29, 1.82) is 0 Å². The van der Waals surface area contributed by atoms with Gasteiger partial charge in [0.25, 0.3) is 0 Å². The van der Waals surface area contributed by atoms with Crippen LogP contribution in [-0.4, -0.2) is 13.7 Å². The summed E-state index contributed by atoms with van der Waals surface area (Å²) in [7, 11) is 1.98. The van der Waals surface area contributed by atoms with E-state index in [-0.39, 0.29) is 6.04 Å². The number of hydrogen-bond donors (Lipinski definition) is 1. The number of para-hydroxylation sites is 1. The van der Waals surface area contributed by atoms with Gasteiger partial charge in [-0.2, -0.15) is 0 Å². The summed E-state index contributed by atoms with van der Waals surface area (Å²) in [6.45, 7) is 4.81. The molecule has 2 nitrogen and oxygen atoms in total. The van der Waals surface area contributed by atoms with Gasteiger partial charge in [0.2, 0.25) is 0 Å². The van der Waals surface area contributed by atoms with Gasteiger partial charge in [-0.15, -0.1) is 0 Å². The normalized spacial score (nSPS) is 12.2. The van der Waals surface area contributed by atoms with Crippen LogP contribution in [0.25, 0.3) is 0 Å². The average molecular weight is 255 g/mol. The zero-order chi connectivity index (χ0) is 13.7. The van der Waals surface area contributed by atoms with Crippen LogP contribution in [0.1, 0.15) is 29.7 Å². The Morgan fingerprint density at radius 1 is 1.11 bits per heavy atom. The summed E-state index contributed by atoms with van der Waals surface area (Å²) in [6, 6.07) is 16.9. The number of aryl methyl sites for hydroxylation is 1. The molecule has 0 aliphatic rings. The fourth-order valence-corrected chi connectivity index (χ4v) is 2.36. The lowest BCUT2D eigenvalue weighted by Gasteiger charge is -2.20. The molecule has 2 aromatic rings. The lowest BCUT2D eigenvalue weighted by molar-refractivity contribution is 0.334. The smallest absolute Gasteiger partial charge is 0.124 e. The van der Waals surface area contributed by atoms with Crippen LogP contribution >= 0.6 is 0 Å². The van der Waals surface area contributed by atoms with Gasteiger partial charge in [0.05, 0.1) is 12.6 Å². The van der Waals surface area contributed by atoms with Crippen molar-refractivity contribution in [1.82, 2.24) is 5.32 Å². The predicted octanol–water partition coefficient (Wildman–Crippen LogP) is 3.70. The Bertz CT molecular complexity index is 536. The average Bonchev–Trinajstić information content (AvgIpc) is 2.42. The summed E-state index contributed by atoms with van der Waals surface area (Å²) >= 11 is 0. The Morgan fingerprint density at radius 2 is 1.89 bits per heavy atom. The molecule has 1 unspecified atom stereocenters. The quantitative estimate of drug-likeness (QED) is 0.879. The van der Waals surface area contributed by atoms with E-state index < -0.39 is 0 Å². The number of rotatable bonds is 5. The van der Waals surface area contributed by atoms with Crippen LogP contribution < -0.4 is 10.1 Å². The van der Waals surface area contributed by atoms with Crippen LogP contribution in [0.4, 0.5) is 0 Å². The van der Waals surface area contributed by atoms with Gasteiger partial charge < -0.3 is 10.1 Å². The highest BCUT2D eigenvalue weighted by molar-refractivity contribution is 5.42. The third kappa shape index (κ3) is 3.15. The van der Waals surface area contributed by atoms with E-state index in [9.17, 15) is 0 Å². The van der Waals surface area contributed by atoms with Crippen LogP contribution in [0, 0.1) is 6.92 Å². The Morgan fingerprint density at radius 3 is 2.58 bits per heavy atom. The van der Waals surface area contributed by atoms with Gasteiger partial charge >= 0.3 is 0 Å². The van der Waals surface area contributed by atoms with Gasteiger partial charge in [0.1, 0.15) is 5.75 Å². The monoisotopic (exact) mass is 255 g/mol. The molecule has 0 radical (unpaired) electrons. The van der Waals surface area contributed by atoms with Gasteiger partial charge in [-0.25, -0.2) is 0 Å². The molecule has 0 amide bonds. The molecule has 0 fully saturated rings. The van der Waals surface area contributed by atoms with Crippen molar-refractivity contribution in [2.24, 2.45) is 0 Å². The van der Waals surface area contributed by atoms with Crippen LogP contribution in [-0.2, 0) is 0 Å². The summed E-state index contributed by atoms with van der Waals surface area (Å²) in [4.78, 5) is 0. The summed E-state index contributed by atoms with van der Waals surface area (Å²) in [5.41, 5.74) is 3.71. The minimum atomic E-state index is 0.155. The topological polar surface area (TPSA) is 21.3 Å². The van der Waals surface area contributed by atoms with Crippen molar-refractivity contribution < 1.29 is 4.74 Å². The van der Waals surface area contributed by atoms with Crippen LogP contribution in [0.3, 0.4) is 0 Å². The highest BCUT2D eigenvalue weighted by atomic mass is 16.5. The first-order valence-corrected chi connectivity index (χ1v) is 6.71. The highest BCUT2D eigenvalue weighted by Crippen LogP contribution is 2.30. The summed E-state index contributed by atoms with van der Waals surface area (Å²) in [5.74, 6) is 0.950. The Labute approximate surface area is 115 Å². The first kappa shape index (κ1) is 13.6. The molecule has 1 atom stereocenters. The standard InChI is InChI=1S/C17H21NO/c1-4-19-16-11-6-5-10-15(16)17(18-3)14-9-7-8-13(2)12-14/h5-12,17-18H,4H2,1-3H3. The molecule has 0 saturated heterocycles. The summed E-state index contributed by atoms with van der Waals surface area (Å²) in [5, 5.41) is 3.38. The molecule has 0 spiro atoms. The molecule has 0 aliphatic carbocycles. The predicted molar refractivity (Wildman–Crippen MR) is 79.7 cm³/mol. The van der Waals surface area contributed by atoms with Gasteiger partial charge in [-0.05, 0) is 32.5 Å². The maximum atomic E-state index is 5.73. The van der Waals surface area contributed by atoms with Crippen molar-refractivity contribution >= 4 is 0 Å². The van der Waals surface area contributed by atoms with E-state index in [1.807, 2.05) is 26.1 Å². The van der Waals surface area contributed by atoms with Gasteiger partial charge in [0.15, 0.2) is 0 Å². The minimum Gasteiger partial charge on any atom is -0.494 e. The summed E-state index contributed by atoms with van der Waals surface area (Å²) < 4.78 is 5.73. The molecule has 19 heavy (non-hydrogen) atoms. The molecule has 0 saturated carbocycles. The maximum absolute atomic E-state index is 5.73. The zero-order valence-electron chi connectivity index (χ0n) is 11.8. The number of nitrogens with one attached hydrogen (secondary N) is 1. The summed E-state index contributed by atoms with van der Waals surface area (Å²) in [6.07, 6.45) is 0. The molecule has 0 bridgehead atoms. The first-order valence-electron chi connectivity index (χ1n) is 6.71. The lowest BCUT2D eigenvalue weighted by Crippen LogP contribution is -2.18. The van der Waals surface area contributed by atoms with Gasteiger partial charge in [-0.1, -0.05) is 48.0 Å². The molecular formula is C17H21NO. The number of hydrogen-bond acceptors (Lipinski definition) is 2. The Kier molecular flexibility index (Phi) is 4.58. The fraction of sp³-hybridized carbons (Fsp3) is 0.294. The highest BCUT2D eigenvalue weighted by Gasteiger charge is 2.16. The number of benzene rings is 2. The second-order valence-electron chi connectivity index (χ2n) is 4.61. The Balaban J connectivity index is 2.42. The first-order chi connectivity index (χ1) is 9.26. The molecular weight excluding hydrogens is 234 g/mol. The van der Waals surface area contributed by atoms with E-state index in [1.54, 1.807) is 0 Å². The third-order valence-corrected chi connectivity index (χ3v) is 3.19. The van der Waals surface area contributed by atoms with E-state index in [2.05, 4.69) is 48.6 Å². The van der Waals surface area contributed by atoms with Crippen LogP contribution in [0.15, 0.2) is 48.5 Å². The van der Waals surface area contributed by atoms with Crippen molar-refractivity contribution in [3.63, 3.8) is 0 Å². The van der Waals surface area contributed by atoms with E-state index >= 15 is 0 Å². The van der Waals surface area contributed by atoms with E-state index in [1.165, 1.54) is 16.7 Å². The van der Waals surface area contributed by atoms with Crippen LogP contribution in [0.5, 0.6) is 5.75 Å². The fourth-order valence-electron chi connectivity index (χ4n) is 2.36. The van der Waals surface area contributed by atoms with Crippen molar-refractivity contribution in [3.05, 3.63) is 65.2 Å². The van der Waals surface area contributed by atoms with Crippen LogP contribution in [0.2, 0.25) is 0 Å². The second-order valence-corrected chi connectivity index (χ2v) is 4.61. The SMILES string of the molecule is CCOc1ccccc1C(NC)c1cccc(C)c1. The zero-order valence-corrected chi connectivity index (χ0v) is 11.8. The number of ether oxygens (including phenoxy) is 1. The van der Waals surface area contributed by atoms with E-state index in [0.29, 0.717) is 6.61 Å². The molecule has 100 valence electrons. The molecule has 0 aromatic heterocycles. The van der Waals surface area contributed by atoms with Crippen molar-refractivity contribution in [2.45, 2.75) is 19.9 Å². The largest absolute Gasteiger partial charge is 0.494 e. The van der Waals surface area contributed by atoms with Crippen molar-refractivity contribution in [3.8, 4) is 5.75 Å². The van der Waals surface area contributed by atoms with Gasteiger partial charge in [-0.3, -0.25) is 0 Å². The minimum absolute atomic E-state index is 0.155. The molecule has 1 N–H and O–H groups in total. The molecule has 2 heteroatoms. The molecule has 0 heterocycles. The van der Waals surface area contributed by atoms with E-state index in [0.717, 1.165) is 5.75 Å². The molecule has 2 rings (SSSR count). The second kappa shape index (κ2) is 6.39. The Hall–Kier alpha value is -1.80. The van der Waals surface area contributed by atoms with E-state index in [4.69, 9.17) is 4.74 Å². The lowest BCUT2D eigenvalue weighted by atomic mass is 9.97. The van der Waals surface area contributed by atoms with Crippen molar-refractivity contribution in [2.75, 3.05) is 13.7 Å². The van der Waals surface area contributed by atoms with Gasteiger partial charge in [0, 0.05) is 5.56 Å². The maximum Gasteiger partial charge on any atom is 0.124 e. The third-order valence-electron chi connectivity index (χ3n) is 3.19.